The minimum Gasteiger partial charge on any atom is -0.310 e. The van der Waals surface area contributed by atoms with E-state index >= 15 is 0 Å². The lowest BCUT2D eigenvalue weighted by molar-refractivity contribution is 0.968. The Bertz CT molecular complexity index is 3010. The highest BCUT2D eigenvalue weighted by Crippen LogP contribution is 2.43. The molecule has 0 radical (unpaired) electrons. The molecule has 0 amide bonds. The summed E-state index contributed by atoms with van der Waals surface area (Å²) in [5.41, 5.74) is 14.9. The Morgan fingerprint density at radius 3 is 1.86 bits per heavy atom. The molecule has 0 fully saturated rings. The number of fused-ring (bicyclic) bond motifs is 9. The van der Waals surface area contributed by atoms with Gasteiger partial charge >= 0.3 is 0 Å². The Hall–Kier alpha value is -6.58. The Morgan fingerprint density at radius 2 is 1.02 bits per heavy atom. The second-order valence-corrected chi connectivity index (χ2v) is 13.7. The fourth-order valence-electron chi connectivity index (χ4n) is 8.73. The first-order chi connectivity index (χ1) is 25.3. The van der Waals surface area contributed by atoms with Gasteiger partial charge in [-0.3, -0.25) is 0 Å². The van der Waals surface area contributed by atoms with Gasteiger partial charge in [0.15, 0.2) is 0 Å². The number of benzene rings is 7. The molecule has 1 aliphatic carbocycles. The molecule has 1 aliphatic rings. The van der Waals surface area contributed by atoms with Crippen LogP contribution >= 0.6 is 0 Å². The van der Waals surface area contributed by atoms with Gasteiger partial charge in [0, 0.05) is 44.0 Å². The van der Waals surface area contributed by atoms with Crippen molar-refractivity contribution in [2.75, 3.05) is 0 Å². The summed E-state index contributed by atoms with van der Waals surface area (Å²) in [6.45, 7) is 0. The maximum Gasteiger partial charge on any atom is 0.0562 e. The number of para-hydroxylation sites is 3. The molecule has 3 aromatic heterocycles. The van der Waals surface area contributed by atoms with E-state index in [1.807, 2.05) is 0 Å². The van der Waals surface area contributed by atoms with Crippen LogP contribution in [0.25, 0.3) is 88.8 Å². The number of aromatic nitrogens is 3. The van der Waals surface area contributed by atoms with Crippen LogP contribution in [-0.4, -0.2) is 13.7 Å². The van der Waals surface area contributed by atoms with Crippen molar-refractivity contribution in [1.29, 1.82) is 0 Å². The largest absolute Gasteiger partial charge is 0.310 e. The van der Waals surface area contributed by atoms with E-state index in [4.69, 9.17) is 0 Å². The molecule has 0 N–H and O–H groups in total. The summed E-state index contributed by atoms with van der Waals surface area (Å²) in [6, 6.07) is 59.9. The van der Waals surface area contributed by atoms with Crippen LogP contribution < -0.4 is 0 Å². The van der Waals surface area contributed by atoms with E-state index in [2.05, 4.69) is 190 Å². The molecule has 0 bridgehead atoms. The van der Waals surface area contributed by atoms with Crippen LogP contribution in [0, 0.1) is 0 Å². The summed E-state index contributed by atoms with van der Waals surface area (Å²) in [5.74, 6) is 0. The summed E-state index contributed by atoms with van der Waals surface area (Å²) in [7, 11) is 0. The summed E-state index contributed by atoms with van der Waals surface area (Å²) in [4.78, 5) is 0. The van der Waals surface area contributed by atoms with Crippen molar-refractivity contribution in [2.24, 2.45) is 0 Å². The SMILES string of the molecule is C1=Cc2c(c3cc4c(cc3n2-c2cccc(-c3ccccc3)c2)c2ccccc2n4-c2cccc3c2c2ccccc2n3-c2ccccc2)CC1. The second kappa shape index (κ2) is 11.0. The first-order valence-corrected chi connectivity index (χ1v) is 17.8. The van der Waals surface area contributed by atoms with Crippen LogP contribution in [-0.2, 0) is 6.42 Å². The van der Waals surface area contributed by atoms with Gasteiger partial charge in [0.05, 0.1) is 33.3 Å². The molecule has 0 saturated heterocycles. The third kappa shape index (κ3) is 4.12. The summed E-state index contributed by atoms with van der Waals surface area (Å²) in [5, 5.41) is 6.37. The Kier molecular flexibility index (Phi) is 6.08. The van der Waals surface area contributed by atoms with Gasteiger partial charge in [0.1, 0.15) is 0 Å². The zero-order chi connectivity index (χ0) is 33.5. The van der Waals surface area contributed by atoms with Crippen LogP contribution in [0.1, 0.15) is 17.7 Å². The minimum atomic E-state index is 1.03. The minimum absolute atomic E-state index is 1.03. The molecular weight excluding hydrogens is 619 g/mol. The predicted octanol–water partition coefficient (Wildman–Crippen LogP) is 12.5. The van der Waals surface area contributed by atoms with E-state index in [-0.39, 0.29) is 0 Å². The van der Waals surface area contributed by atoms with Crippen molar-refractivity contribution in [3.63, 3.8) is 0 Å². The summed E-state index contributed by atoms with van der Waals surface area (Å²) >= 11 is 0. The van der Waals surface area contributed by atoms with Crippen LogP contribution in [0.2, 0.25) is 0 Å². The Morgan fingerprint density at radius 1 is 0.392 bits per heavy atom. The molecule has 10 aromatic rings. The number of hydrogen-bond donors (Lipinski definition) is 0. The topological polar surface area (TPSA) is 14.8 Å². The quantitative estimate of drug-likeness (QED) is 0.180. The lowest BCUT2D eigenvalue weighted by Crippen LogP contribution is -2.00. The monoisotopic (exact) mass is 651 g/mol. The maximum atomic E-state index is 2.52. The summed E-state index contributed by atoms with van der Waals surface area (Å²) in [6.07, 6.45) is 6.75. The predicted molar refractivity (Wildman–Crippen MR) is 215 cm³/mol. The number of hydrogen-bond acceptors (Lipinski definition) is 0. The Balaban J connectivity index is 1.23. The van der Waals surface area contributed by atoms with Crippen molar-refractivity contribution in [3.05, 3.63) is 181 Å². The van der Waals surface area contributed by atoms with E-state index in [0.29, 0.717) is 0 Å². The van der Waals surface area contributed by atoms with Crippen LogP contribution in [0.3, 0.4) is 0 Å². The second-order valence-electron chi connectivity index (χ2n) is 13.7. The molecular formula is C48H33N3. The first-order valence-electron chi connectivity index (χ1n) is 17.8. The van der Waals surface area contributed by atoms with Crippen molar-refractivity contribution in [3.8, 4) is 28.2 Å². The molecule has 3 heterocycles. The van der Waals surface area contributed by atoms with Gasteiger partial charge in [-0.15, -0.1) is 0 Å². The van der Waals surface area contributed by atoms with E-state index < -0.39 is 0 Å². The highest BCUT2D eigenvalue weighted by molar-refractivity contribution is 6.18. The Labute approximate surface area is 295 Å². The van der Waals surface area contributed by atoms with E-state index in [1.165, 1.54) is 94.0 Å². The van der Waals surface area contributed by atoms with Crippen LogP contribution in [0.5, 0.6) is 0 Å². The van der Waals surface area contributed by atoms with Gasteiger partial charge in [-0.1, -0.05) is 109 Å². The van der Waals surface area contributed by atoms with Crippen LogP contribution in [0.15, 0.2) is 170 Å². The molecule has 0 unspecified atom stereocenters. The number of nitrogens with zero attached hydrogens (tertiary/aromatic N) is 3. The maximum absolute atomic E-state index is 2.52. The zero-order valence-corrected chi connectivity index (χ0v) is 28.0. The van der Waals surface area contributed by atoms with E-state index in [0.717, 1.165) is 12.8 Å². The zero-order valence-electron chi connectivity index (χ0n) is 28.0. The number of allylic oxidation sites excluding steroid dienone is 1. The van der Waals surface area contributed by atoms with Crippen molar-refractivity contribution in [1.82, 2.24) is 13.7 Å². The third-order valence-corrected chi connectivity index (χ3v) is 10.9. The van der Waals surface area contributed by atoms with Gasteiger partial charge in [-0.25, -0.2) is 0 Å². The molecule has 240 valence electrons. The molecule has 11 rings (SSSR count). The fraction of sp³-hybridized carbons (Fsp3) is 0.0417. The molecule has 7 aromatic carbocycles. The number of aryl methyl sites for hydroxylation is 1. The lowest BCUT2D eigenvalue weighted by atomic mass is 10.00. The highest BCUT2D eigenvalue weighted by Gasteiger charge is 2.24. The standard InChI is InChI=1S/C48H33N3/c1-3-15-32(16-4-1)33-17-13-20-35(29-33)50-41-24-10-7-21-36(41)39-31-47-40(30-46(39)50)37-22-8-11-25-42(37)51(47)45-28-14-27-44-48(45)38-23-9-12-26-43(38)49(44)34-18-5-2-6-19-34/h1-6,8-20,22-31H,7,21H2. The molecule has 3 nitrogen and oxygen atoms in total. The lowest BCUT2D eigenvalue weighted by Gasteiger charge is -2.13. The number of rotatable bonds is 4. The molecule has 0 aliphatic heterocycles. The smallest absolute Gasteiger partial charge is 0.0562 e. The normalized spacial score (nSPS) is 12.9. The van der Waals surface area contributed by atoms with E-state index in [1.54, 1.807) is 0 Å². The van der Waals surface area contributed by atoms with Gasteiger partial charge in [-0.2, -0.15) is 0 Å². The van der Waals surface area contributed by atoms with Gasteiger partial charge in [-0.05, 0) is 96.3 Å². The van der Waals surface area contributed by atoms with Gasteiger partial charge in [0.2, 0.25) is 0 Å². The molecule has 0 saturated carbocycles. The van der Waals surface area contributed by atoms with Crippen molar-refractivity contribution in [2.45, 2.75) is 12.8 Å². The average Bonchev–Trinajstić information content (AvgIpc) is 3.83. The first kappa shape index (κ1) is 28.3. The summed E-state index contributed by atoms with van der Waals surface area (Å²) < 4.78 is 7.42. The molecule has 0 spiro atoms. The van der Waals surface area contributed by atoms with Crippen LogP contribution in [0.4, 0.5) is 0 Å². The van der Waals surface area contributed by atoms with Gasteiger partial charge in [0.25, 0.3) is 0 Å². The molecule has 51 heavy (non-hydrogen) atoms. The van der Waals surface area contributed by atoms with Gasteiger partial charge < -0.3 is 13.7 Å². The van der Waals surface area contributed by atoms with Crippen molar-refractivity contribution < 1.29 is 0 Å². The molecule has 0 atom stereocenters. The third-order valence-electron chi connectivity index (χ3n) is 10.9. The fourth-order valence-corrected chi connectivity index (χ4v) is 8.73. The molecule has 3 heteroatoms. The average molecular weight is 652 g/mol. The van der Waals surface area contributed by atoms with Crippen molar-refractivity contribution >= 4 is 60.6 Å². The highest BCUT2D eigenvalue weighted by atomic mass is 15.0. The van der Waals surface area contributed by atoms with E-state index in [9.17, 15) is 0 Å².